The number of benzene rings is 1. The second-order valence-corrected chi connectivity index (χ2v) is 5.10. The Balaban J connectivity index is 2.32. The molecule has 1 aromatic rings. The van der Waals surface area contributed by atoms with Gasteiger partial charge in [-0.25, -0.2) is 9.18 Å². The SMILES string of the molecule is CC(C(=O)O)N1C(=O)CSC1c1cccc(F)c1. The highest BCUT2D eigenvalue weighted by atomic mass is 32.2. The van der Waals surface area contributed by atoms with E-state index in [0.29, 0.717) is 5.56 Å². The number of halogens is 1. The third kappa shape index (κ3) is 2.33. The molecule has 2 unspecified atom stereocenters. The van der Waals surface area contributed by atoms with Crippen LogP contribution in [0.25, 0.3) is 0 Å². The molecule has 96 valence electrons. The van der Waals surface area contributed by atoms with Gasteiger partial charge in [0.15, 0.2) is 0 Å². The standard InChI is InChI=1S/C12H12FNO3S/c1-7(12(16)17)14-10(15)6-18-11(14)8-3-2-4-9(13)5-8/h2-5,7,11H,6H2,1H3,(H,16,17). The lowest BCUT2D eigenvalue weighted by Gasteiger charge is -2.27. The van der Waals surface area contributed by atoms with Crippen LogP contribution in [0.15, 0.2) is 24.3 Å². The number of aliphatic carboxylic acids is 1. The molecule has 1 aliphatic heterocycles. The van der Waals surface area contributed by atoms with E-state index < -0.39 is 23.2 Å². The molecule has 0 aromatic heterocycles. The Morgan fingerprint density at radius 2 is 2.33 bits per heavy atom. The maximum atomic E-state index is 13.2. The molecule has 1 fully saturated rings. The van der Waals surface area contributed by atoms with Crippen LogP contribution in [0.5, 0.6) is 0 Å². The van der Waals surface area contributed by atoms with E-state index in [-0.39, 0.29) is 11.7 Å². The lowest BCUT2D eigenvalue weighted by atomic mass is 10.1. The Bertz CT molecular complexity index is 494. The molecular weight excluding hydrogens is 257 g/mol. The quantitative estimate of drug-likeness (QED) is 0.910. The minimum atomic E-state index is -1.06. The topological polar surface area (TPSA) is 57.6 Å². The van der Waals surface area contributed by atoms with Crippen LogP contribution in [0.4, 0.5) is 4.39 Å². The zero-order chi connectivity index (χ0) is 13.3. The van der Waals surface area contributed by atoms with Crippen molar-refractivity contribution >= 4 is 23.6 Å². The van der Waals surface area contributed by atoms with Gasteiger partial charge in [0.25, 0.3) is 0 Å². The van der Waals surface area contributed by atoms with Gasteiger partial charge in [-0.3, -0.25) is 4.79 Å². The van der Waals surface area contributed by atoms with Gasteiger partial charge in [0.05, 0.1) is 5.75 Å². The summed E-state index contributed by atoms with van der Waals surface area (Å²) in [6.45, 7) is 1.46. The molecule has 1 aliphatic rings. The van der Waals surface area contributed by atoms with E-state index in [1.54, 1.807) is 12.1 Å². The van der Waals surface area contributed by atoms with Gasteiger partial charge in [-0.1, -0.05) is 12.1 Å². The second kappa shape index (κ2) is 4.97. The molecule has 0 saturated carbocycles. The molecule has 1 aromatic carbocycles. The van der Waals surface area contributed by atoms with E-state index >= 15 is 0 Å². The van der Waals surface area contributed by atoms with Crippen LogP contribution in [0.2, 0.25) is 0 Å². The zero-order valence-electron chi connectivity index (χ0n) is 9.67. The highest BCUT2D eigenvalue weighted by molar-refractivity contribution is 8.00. The van der Waals surface area contributed by atoms with E-state index in [1.165, 1.54) is 35.7 Å². The Morgan fingerprint density at radius 3 is 2.94 bits per heavy atom. The van der Waals surface area contributed by atoms with Crippen molar-refractivity contribution in [2.24, 2.45) is 0 Å². The predicted molar refractivity (Wildman–Crippen MR) is 65.5 cm³/mol. The summed E-state index contributed by atoms with van der Waals surface area (Å²) >= 11 is 1.31. The van der Waals surface area contributed by atoms with Gasteiger partial charge in [-0.2, -0.15) is 0 Å². The van der Waals surface area contributed by atoms with E-state index in [4.69, 9.17) is 5.11 Å². The monoisotopic (exact) mass is 269 g/mol. The lowest BCUT2D eigenvalue weighted by molar-refractivity contribution is -0.148. The molecule has 0 bridgehead atoms. The molecule has 1 saturated heterocycles. The van der Waals surface area contributed by atoms with Crippen LogP contribution in [-0.4, -0.2) is 33.7 Å². The molecule has 0 aliphatic carbocycles. The summed E-state index contributed by atoms with van der Waals surface area (Å²) in [7, 11) is 0. The van der Waals surface area contributed by atoms with Crippen molar-refractivity contribution in [1.29, 1.82) is 0 Å². The number of carbonyl (C=O) groups excluding carboxylic acids is 1. The fourth-order valence-electron chi connectivity index (χ4n) is 1.89. The summed E-state index contributed by atoms with van der Waals surface area (Å²) < 4.78 is 13.2. The average Bonchev–Trinajstić information content (AvgIpc) is 2.70. The molecule has 1 heterocycles. The molecule has 6 heteroatoms. The number of nitrogens with zero attached hydrogens (tertiary/aromatic N) is 1. The summed E-state index contributed by atoms with van der Waals surface area (Å²) in [5.41, 5.74) is 0.610. The Kier molecular flexibility index (Phi) is 3.56. The predicted octanol–water partition coefficient (Wildman–Crippen LogP) is 1.87. The van der Waals surface area contributed by atoms with Crippen LogP contribution < -0.4 is 0 Å². The summed E-state index contributed by atoms with van der Waals surface area (Å²) in [4.78, 5) is 24.0. The number of hydrogen-bond acceptors (Lipinski definition) is 3. The van der Waals surface area contributed by atoms with Crippen molar-refractivity contribution in [2.75, 3.05) is 5.75 Å². The Labute approximate surface area is 108 Å². The van der Waals surface area contributed by atoms with Crippen molar-refractivity contribution in [3.63, 3.8) is 0 Å². The molecular formula is C12H12FNO3S. The van der Waals surface area contributed by atoms with Gasteiger partial charge in [-0.05, 0) is 24.6 Å². The van der Waals surface area contributed by atoms with Crippen molar-refractivity contribution in [2.45, 2.75) is 18.3 Å². The Hall–Kier alpha value is -1.56. The lowest BCUT2D eigenvalue weighted by Crippen LogP contribution is -2.41. The summed E-state index contributed by atoms with van der Waals surface area (Å²) in [6, 6.07) is 4.98. The number of carboxylic acids is 1. The fraction of sp³-hybridized carbons (Fsp3) is 0.333. The molecule has 18 heavy (non-hydrogen) atoms. The minimum absolute atomic E-state index is 0.221. The van der Waals surface area contributed by atoms with Gasteiger partial charge in [-0.15, -0.1) is 11.8 Å². The van der Waals surface area contributed by atoms with Crippen LogP contribution in [0.1, 0.15) is 17.9 Å². The maximum Gasteiger partial charge on any atom is 0.326 e. The van der Waals surface area contributed by atoms with Gasteiger partial charge in [0.1, 0.15) is 17.2 Å². The second-order valence-electron chi connectivity index (χ2n) is 4.03. The molecule has 1 N–H and O–H groups in total. The summed E-state index contributed by atoms with van der Waals surface area (Å²) in [5, 5.41) is 8.57. The van der Waals surface area contributed by atoms with Crippen LogP contribution in [0, 0.1) is 5.82 Å². The third-order valence-electron chi connectivity index (χ3n) is 2.81. The third-order valence-corrected chi connectivity index (χ3v) is 4.04. The first-order valence-electron chi connectivity index (χ1n) is 5.41. The fourth-order valence-corrected chi connectivity index (χ4v) is 3.14. The zero-order valence-corrected chi connectivity index (χ0v) is 10.5. The van der Waals surface area contributed by atoms with E-state index in [2.05, 4.69) is 0 Å². The van der Waals surface area contributed by atoms with E-state index in [0.717, 1.165) is 0 Å². The minimum Gasteiger partial charge on any atom is -0.480 e. The molecule has 2 atom stereocenters. The first-order valence-corrected chi connectivity index (χ1v) is 6.46. The summed E-state index contributed by atoms with van der Waals surface area (Å²) in [5.74, 6) is -1.47. The molecule has 2 rings (SSSR count). The molecule has 0 radical (unpaired) electrons. The van der Waals surface area contributed by atoms with E-state index in [9.17, 15) is 14.0 Å². The molecule has 1 amide bonds. The number of rotatable bonds is 3. The van der Waals surface area contributed by atoms with Crippen LogP contribution in [0.3, 0.4) is 0 Å². The van der Waals surface area contributed by atoms with Gasteiger partial charge >= 0.3 is 5.97 Å². The first kappa shape index (κ1) is 12.9. The van der Waals surface area contributed by atoms with Crippen molar-refractivity contribution < 1.29 is 19.1 Å². The molecule has 4 nitrogen and oxygen atoms in total. The Morgan fingerprint density at radius 1 is 1.61 bits per heavy atom. The van der Waals surface area contributed by atoms with Crippen molar-refractivity contribution in [1.82, 2.24) is 4.90 Å². The van der Waals surface area contributed by atoms with Gasteiger partial charge < -0.3 is 10.0 Å². The highest BCUT2D eigenvalue weighted by Gasteiger charge is 2.38. The first-order chi connectivity index (χ1) is 8.50. The number of carboxylic acid groups (broad SMARTS) is 1. The van der Waals surface area contributed by atoms with Crippen LogP contribution in [-0.2, 0) is 9.59 Å². The number of thioether (sulfide) groups is 1. The summed E-state index contributed by atoms with van der Waals surface area (Å²) in [6.07, 6.45) is 0. The van der Waals surface area contributed by atoms with Crippen molar-refractivity contribution in [3.05, 3.63) is 35.6 Å². The van der Waals surface area contributed by atoms with Crippen LogP contribution >= 0.6 is 11.8 Å². The average molecular weight is 269 g/mol. The number of carbonyl (C=O) groups is 2. The van der Waals surface area contributed by atoms with Crippen molar-refractivity contribution in [3.8, 4) is 0 Å². The smallest absolute Gasteiger partial charge is 0.326 e. The largest absolute Gasteiger partial charge is 0.480 e. The number of hydrogen-bond donors (Lipinski definition) is 1. The van der Waals surface area contributed by atoms with Gasteiger partial charge in [0.2, 0.25) is 5.91 Å². The molecule has 0 spiro atoms. The normalized spacial score (nSPS) is 21.1. The number of amides is 1. The van der Waals surface area contributed by atoms with Gasteiger partial charge in [0, 0.05) is 0 Å². The maximum absolute atomic E-state index is 13.2. The highest BCUT2D eigenvalue weighted by Crippen LogP contribution is 2.40. The van der Waals surface area contributed by atoms with E-state index in [1.807, 2.05) is 0 Å².